The third-order valence-electron chi connectivity index (χ3n) is 3.96. The van der Waals surface area contributed by atoms with Gasteiger partial charge in [0.05, 0.1) is 19.8 Å². The summed E-state index contributed by atoms with van der Waals surface area (Å²) in [6.45, 7) is 0. The van der Waals surface area contributed by atoms with E-state index in [0.29, 0.717) is 16.9 Å². The van der Waals surface area contributed by atoms with Gasteiger partial charge in [-0.25, -0.2) is 9.59 Å². The largest absolute Gasteiger partial charge is 0.493 e. The van der Waals surface area contributed by atoms with Crippen LogP contribution in [0.25, 0.3) is 11.0 Å². The summed E-state index contributed by atoms with van der Waals surface area (Å²) in [5.74, 6) is 0.0640. The third kappa shape index (κ3) is 3.78. The molecule has 0 unspecified atom stereocenters. The second-order valence-corrected chi connectivity index (χ2v) is 6.45. The van der Waals surface area contributed by atoms with E-state index < -0.39 is 11.9 Å². The summed E-state index contributed by atoms with van der Waals surface area (Å²) >= 11 is 1.58. The molecule has 0 aliphatic rings. The Balaban J connectivity index is 1.95. The molecule has 0 N–H and O–H groups in total. The molecule has 0 saturated heterocycles. The number of benzene rings is 2. The van der Waals surface area contributed by atoms with Crippen LogP contribution in [0, 0.1) is 0 Å². The van der Waals surface area contributed by atoms with Crippen molar-refractivity contribution >= 4 is 34.7 Å². The minimum absolute atomic E-state index is 0.157. The van der Waals surface area contributed by atoms with E-state index in [1.54, 1.807) is 11.8 Å². The lowest BCUT2D eigenvalue weighted by atomic mass is 10.1. The van der Waals surface area contributed by atoms with Gasteiger partial charge in [0, 0.05) is 16.7 Å². The van der Waals surface area contributed by atoms with Crippen molar-refractivity contribution < 1.29 is 28.2 Å². The number of furan rings is 1. The smallest absolute Gasteiger partial charge is 0.380 e. The van der Waals surface area contributed by atoms with Crippen LogP contribution in [0.1, 0.15) is 26.5 Å². The van der Waals surface area contributed by atoms with E-state index >= 15 is 0 Å². The summed E-state index contributed by atoms with van der Waals surface area (Å²) in [5, 5.41) is 0.881. The van der Waals surface area contributed by atoms with Crippen LogP contribution in [-0.4, -0.2) is 32.4 Å². The predicted molar refractivity (Wildman–Crippen MR) is 103 cm³/mol. The fraction of sp³-hybridized carbons (Fsp3) is 0.200. The maximum Gasteiger partial charge on any atom is 0.380 e. The summed E-state index contributed by atoms with van der Waals surface area (Å²) in [6.07, 6.45) is 1.95. The second-order valence-electron chi connectivity index (χ2n) is 5.59. The summed E-state index contributed by atoms with van der Waals surface area (Å²) in [5.41, 5.74) is 1.70. The molecule has 1 aromatic heterocycles. The van der Waals surface area contributed by atoms with Crippen LogP contribution in [0.5, 0.6) is 11.5 Å². The van der Waals surface area contributed by atoms with Crippen LogP contribution in [0.15, 0.2) is 46.9 Å². The molecule has 0 aliphatic carbocycles. The highest BCUT2D eigenvalue weighted by Crippen LogP contribution is 2.32. The molecule has 0 radical (unpaired) electrons. The molecule has 140 valence electrons. The van der Waals surface area contributed by atoms with E-state index in [1.165, 1.54) is 32.4 Å². The molecule has 7 heteroatoms. The summed E-state index contributed by atoms with van der Waals surface area (Å²) < 4.78 is 21.1. The normalized spacial score (nSPS) is 10.6. The number of carbonyl (C=O) groups excluding carboxylic acids is 2. The van der Waals surface area contributed by atoms with Gasteiger partial charge in [-0.2, -0.15) is 11.8 Å². The van der Waals surface area contributed by atoms with Gasteiger partial charge in [0.25, 0.3) is 0 Å². The van der Waals surface area contributed by atoms with Gasteiger partial charge in [-0.05, 0) is 30.5 Å². The van der Waals surface area contributed by atoms with Gasteiger partial charge in [-0.1, -0.05) is 18.2 Å². The van der Waals surface area contributed by atoms with E-state index in [9.17, 15) is 9.59 Å². The molecular weight excluding hydrogens is 368 g/mol. The summed E-state index contributed by atoms with van der Waals surface area (Å²) in [4.78, 5) is 24.4. The number of ether oxygens (including phenoxy) is 3. The van der Waals surface area contributed by atoms with Crippen molar-refractivity contribution in [1.29, 1.82) is 0 Å². The Kier molecular flexibility index (Phi) is 5.71. The molecule has 0 atom stereocenters. The lowest BCUT2D eigenvalue weighted by Gasteiger charge is -2.10. The Labute approximate surface area is 160 Å². The first-order chi connectivity index (χ1) is 13.1. The molecule has 0 fully saturated rings. The van der Waals surface area contributed by atoms with E-state index in [0.717, 1.165) is 10.9 Å². The molecule has 3 rings (SSSR count). The molecule has 6 nitrogen and oxygen atoms in total. The molecule has 0 spiro atoms. The average Bonchev–Trinajstić information content (AvgIpc) is 3.06. The van der Waals surface area contributed by atoms with Gasteiger partial charge in [0.15, 0.2) is 11.5 Å². The number of para-hydroxylation sites is 1. The highest BCUT2D eigenvalue weighted by Gasteiger charge is 2.23. The standard InChI is InChI=1S/C20H18O6S/c1-23-17-10-12(19(21)24-2)8-9-16(17)26-20(22)18-14(11-27-3)13-6-4-5-7-15(13)25-18/h4-10H,11H2,1-3H3. The minimum atomic E-state index is -0.626. The van der Waals surface area contributed by atoms with Crippen molar-refractivity contribution in [3.05, 3.63) is 59.4 Å². The minimum Gasteiger partial charge on any atom is -0.493 e. The van der Waals surface area contributed by atoms with E-state index in [-0.39, 0.29) is 17.3 Å². The van der Waals surface area contributed by atoms with Crippen LogP contribution >= 0.6 is 11.8 Å². The topological polar surface area (TPSA) is 75.0 Å². The lowest BCUT2D eigenvalue weighted by molar-refractivity contribution is 0.0600. The molecule has 0 amide bonds. The maximum absolute atomic E-state index is 12.8. The molecule has 0 saturated carbocycles. The van der Waals surface area contributed by atoms with E-state index in [4.69, 9.17) is 13.9 Å². The number of esters is 2. The quantitative estimate of drug-likeness (QED) is 0.461. The second kappa shape index (κ2) is 8.18. The van der Waals surface area contributed by atoms with Gasteiger partial charge in [-0.3, -0.25) is 0 Å². The fourth-order valence-electron chi connectivity index (χ4n) is 2.69. The number of carbonyl (C=O) groups is 2. The fourth-order valence-corrected chi connectivity index (χ4v) is 3.27. The Morgan fingerprint density at radius 3 is 2.52 bits per heavy atom. The number of hydrogen-bond acceptors (Lipinski definition) is 7. The first kappa shape index (κ1) is 18.8. The predicted octanol–water partition coefficient (Wildman–Crippen LogP) is 4.31. The summed E-state index contributed by atoms with van der Waals surface area (Å²) in [6, 6.07) is 11.9. The molecule has 0 aliphatic heterocycles. The van der Waals surface area contributed by atoms with Gasteiger partial charge < -0.3 is 18.6 Å². The monoisotopic (exact) mass is 386 g/mol. The first-order valence-electron chi connectivity index (χ1n) is 8.07. The molecule has 2 aromatic carbocycles. The highest BCUT2D eigenvalue weighted by molar-refractivity contribution is 7.97. The van der Waals surface area contributed by atoms with Crippen molar-refractivity contribution in [2.24, 2.45) is 0 Å². The van der Waals surface area contributed by atoms with Crippen molar-refractivity contribution in [1.82, 2.24) is 0 Å². The molecule has 27 heavy (non-hydrogen) atoms. The van der Waals surface area contributed by atoms with Gasteiger partial charge in [0.2, 0.25) is 5.76 Å². The Bertz CT molecular complexity index is 991. The molecule has 1 heterocycles. The Morgan fingerprint density at radius 2 is 1.81 bits per heavy atom. The zero-order valence-electron chi connectivity index (χ0n) is 15.1. The van der Waals surface area contributed by atoms with E-state index in [1.807, 2.05) is 30.5 Å². The van der Waals surface area contributed by atoms with Crippen LogP contribution in [0.3, 0.4) is 0 Å². The van der Waals surface area contributed by atoms with Crippen molar-refractivity contribution in [3.8, 4) is 11.5 Å². The third-order valence-corrected chi connectivity index (χ3v) is 4.54. The molecule has 3 aromatic rings. The first-order valence-corrected chi connectivity index (χ1v) is 9.46. The number of methoxy groups -OCH3 is 2. The Morgan fingerprint density at radius 1 is 1.04 bits per heavy atom. The molecular formula is C20H18O6S. The average molecular weight is 386 g/mol. The number of thioether (sulfide) groups is 1. The number of rotatable bonds is 6. The van der Waals surface area contributed by atoms with E-state index in [2.05, 4.69) is 4.74 Å². The van der Waals surface area contributed by atoms with Crippen LogP contribution < -0.4 is 9.47 Å². The van der Waals surface area contributed by atoms with Gasteiger partial charge in [-0.15, -0.1) is 0 Å². The zero-order valence-corrected chi connectivity index (χ0v) is 15.9. The number of fused-ring (bicyclic) bond motifs is 1. The number of hydrogen-bond donors (Lipinski definition) is 0. The Hall–Kier alpha value is -2.93. The van der Waals surface area contributed by atoms with Crippen LogP contribution in [0.2, 0.25) is 0 Å². The highest BCUT2D eigenvalue weighted by atomic mass is 32.2. The van der Waals surface area contributed by atoms with Crippen molar-refractivity contribution in [3.63, 3.8) is 0 Å². The van der Waals surface area contributed by atoms with Crippen LogP contribution in [-0.2, 0) is 10.5 Å². The maximum atomic E-state index is 12.8. The van der Waals surface area contributed by atoms with Gasteiger partial charge in [0.1, 0.15) is 5.58 Å². The van der Waals surface area contributed by atoms with Gasteiger partial charge >= 0.3 is 11.9 Å². The lowest BCUT2D eigenvalue weighted by Crippen LogP contribution is -2.11. The zero-order chi connectivity index (χ0) is 19.4. The SMILES string of the molecule is COC(=O)c1ccc(OC(=O)c2oc3ccccc3c2CSC)c(OC)c1. The van der Waals surface area contributed by atoms with Crippen LogP contribution in [0.4, 0.5) is 0 Å². The molecule has 0 bridgehead atoms. The summed E-state index contributed by atoms with van der Waals surface area (Å²) in [7, 11) is 2.71. The van der Waals surface area contributed by atoms with Crippen molar-refractivity contribution in [2.45, 2.75) is 5.75 Å². The van der Waals surface area contributed by atoms with Crippen molar-refractivity contribution in [2.75, 3.05) is 20.5 Å².